The van der Waals surface area contributed by atoms with E-state index in [9.17, 15) is 0 Å². The SMILES string of the molecule is C[Si](C)(CNC1CCCCC1)c1ccccc1. The molecule has 1 aromatic carbocycles. The van der Waals surface area contributed by atoms with Crippen molar-refractivity contribution in [3.8, 4) is 0 Å². The lowest BCUT2D eigenvalue weighted by atomic mass is 9.96. The number of nitrogens with one attached hydrogen (secondary N) is 1. The fourth-order valence-electron chi connectivity index (χ4n) is 2.70. The molecule has 0 amide bonds. The predicted molar refractivity (Wildman–Crippen MR) is 78.4 cm³/mol. The molecule has 1 aromatic rings. The van der Waals surface area contributed by atoms with E-state index in [-0.39, 0.29) is 0 Å². The maximum atomic E-state index is 3.82. The summed E-state index contributed by atoms with van der Waals surface area (Å²) >= 11 is 0. The van der Waals surface area contributed by atoms with Crippen LogP contribution in [0.5, 0.6) is 0 Å². The van der Waals surface area contributed by atoms with Crippen LogP contribution in [0.25, 0.3) is 0 Å². The molecule has 0 saturated heterocycles. The Morgan fingerprint density at radius 1 is 1.06 bits per heavy atom. The minimum atomic E-state index is -1.27. The molecule has 0 spiro atoms. The lowest BCUT2D eigenvalue weighted by Crippen LogP contribution is -2.52. The van der Waals surface area contributed by atoms with Crippen LogP contribution in [-0.4, -0.2) is 20.3 Å². The molecule has 1 aliphatic rings. The second-order valence-corrected chi connectivity index (χ2v) is 10.7. The van der Waals surface area contributed by atoms with Gasteiger partial charge < -0.3 is 5.32 Å². The number of hydrogen-bond donors (Lipinski definition) is 1. The van der Waals surface area contributed by atoms with Crippen LogP contribution >= 0.6 is 0 Å². The Morgan fingerprint density at radius 3 is 2.35 bits per heavy atom. The summed E-state index contributed by atoms with van der Waals surface area (Å²) < 4.78 is 0. The van der Waals surface area contributed by atoms with Crippen molar-refractivity contribution >= 4 is 13.3 Å². The molecule has 0 aromatic heterocycles. The van der Waals surface area contributed by atoms with Gasteiger partial charge in [0.1, 0.15) is 0 Å². The summed E-state index contributed by atoms with van der Waals surface area (Å²) in [7, 11) is -1.27. The maximum absolute atomic E-state index is 3.82. The third kappa shape index (κ3) is 3.68. The van der Waals surface area contributed by atoms with Gasteiger partial charge in [-0.25, -0.2) is 0 Å². The van der Waals surface area contributed by atoms with E-state index in [1.807, 2.05) is 0 Å². The van der Waals surface area contributed by atoms with E-state index in [4.69, 9.17) is 0 Å². The Kier molecular flexibility index (Phi) is 4.40. The second kappa shape index (κ2) is 5.83. The zero-order chi connectivity index (χ0) is 12.1. The van der Waals surface area contributed by atoms with E-state index in [1.54, 1.807) is 5.19 Å². The molecule has 94 valence electrons. The summed E-state index contributed by atoms with van der Waals surface area (Å²) in [6.45, 7) is 4.94. The van der Waals surface area contributed by atoms with Gasteiger partial charge >= 0.3 is 0 Å². The van der Waals surface area contributed by atoms with Gasteiger partial charge in [-0.05, 0) is 19.0 Å². The van der Waals surface area contributed by atoms with Crippen molar-refractivity contribution in [1.29, 1.82) is 0 Å². The van der Waals surface area contributed by atoms with E-state index in [0.29, 0.717) is 0 Å². The predicted octanol–water partition coefficient (Wildman–Crippen LogP) is 3.06. The van der Waals surface area contributed by atoms with Gasteiger partial charge in [0.15, 0.2) is 0 Å². The lowest BCUT2D eigenvalue weighted by Gasteiger charge is -2.29. The average molecular weight is 247 g/mol. The Balaban J connectivity index is 1.88. The molecule has 0 unspecified atom stereocenters. The van der Waals surface area contributed by atoms with E-state index in [0.717, 1.165) is 6.04 Å². The van der Waals surface area contributed by atoms with Crippen LogP contribution < -0.4 is 10.5 Å². The first-order chi connectivity index (χ1) is 8.18. The van der Waals surface area contributed by atoms with Gasteiger partial charge in [0.2, 0.25) is 0 Å². The molecule has 0 bridgehead atoms. The van der Waals surface area contributed by atoms with Crippen molar-refractivity contribution in [3.63, 3.8) is 0 Å². The van der Waals surface area contributed by atoms with Gasteiger partial charge in [-0.3, -0.25) is 0 Å². The van der Waals surface area contributed by atoms with E-state index in [1.165, 1.54) is 38.3 Å². The molecule has 0 atom stereocenters. The zero-order valence-electron chi connectivity index (χ0n) is 11.2. The largest absolute Gasteiger partial charge is 0.316 e. The van der Waals surface area contributed by atoms with Crippen molar-refractivity contribution in [2.45, 2.75) is 51.2 Å². The molecular formula is C15H25NSi. The summed E-state index contributed by atoms with van der Waals surface area (Å²) in [6.07, 6.45) is 8.29. The van der Waals surface area contributed by atoms with Crippen LogP contribution in [0.3, 0.4) is 0 Å². The highest BCUT2D eigenvalue weighted by molar-refractivity contribution is 6.90. The van der Waals surface area contributed by atoms with E-state index < -0.39 is 8.07 Å². The molecule has 1 aliphatic carbocycles. The summed E-state index contributed by atoms with van der Waals surface area (Å²) in [6, 6.07) is 11.8. The van der Waals surface area contributed by atoms with Gasteiger partial charge in [-0.1, -0.05) is 67.9 Å². The monoisotopic (exact) mass is 247 g/mol. The Morgan fingerprint density at radius 2 is 1.71 bits per heavy atom. The van der Waals surface area contributed by atoms with Crippen LogP contribution in [0.4, 0.5) is 0 Å². The zero-order valence-corrected chi connectivity index (χ0v) is 12.2. The highest BCUT2D eigenvalue weighted by Crippen LogP contribution is 2.17. The standard InChI is InChI=1S/C15H25NSi/c1-17(2,15-11-7-4-8-12-15)13-16-14-9-5-3-6-10-14/h4,7-8,11-12,14,16H,3,5-6,9-10,13H2,1-2H3. The van der Waals surface area contributed by atoms with Gasteiger partial charge in [0, 0.05) is 6.04 Å². The number of benzene rings is 1. The molecule has 0 radical (unpaired) electrons. The third-order valence-corrected chi connectivity index (χ3v) is 6.98. The van der Waals surface area contributed by atoms with Crippen LogP contribution in [-0.2, 0) is 0 Å². The van der Waals surface area contributed by atoms with Crippen molar-refractivity contribution in [2.24, 2.45) is 0 Å². The fourth-order valence-corrected chi connectivity index (χ4v) is 4.80. The summed E-state index contributed by atoms with van der Waals surface area (Å²) in [5, 5.41) is 5.39. The van der Waals surface area contributed by atoms with Crippen molar-refractivity contribution in [2.75, 3.05) is 6.17 Å². The van der Waals surface area contributed by atoms with Crippen LogP contribution in [0, 0.1) is 0 Å². The number of rotatable bonds is 4. The fraction of sp³-hybridized carbons (Fsp3) is 0.600. The Bertz CT molecular complexity index is 328. The first-order valence-corrected chi connectivity index (χ1v) is 10.2. The molecule has 1 nitrogen and oxygen atoms in total. The first-order valence-electron chi connectivity index (χ1n) is 6.97. The Labute approximate surface area is 107 Å². The van der Waals surface area contributed by atoms with Crippen molar-refractivity contribution in [3.05, 3.63) is 30.3 Å². The van der Waals surface area contributed by atoms with Gasteiger partial charge in [-0.2, -0.15) is 0 Å². The van der Waals surface area contributed by atoms with Crippen LogP contribution in [0.15, 0.2) is 30.3 Å². The van der Waals surface area contributed by atoms with E-state index in [2.05, 4.69) is 48.7 Å². The topological polar surface area (TPSA) is 12.0 Å². The molecule has 2 heteroatoms. The van der Waals surface area contributed by atoms with Crippen molar-refractivity contribution < 1.29 is 0 Å². The molecule has 17 heavy (non-hydrogen) atoms. The summed E-state index contributed by atoms with van der Waals surface area (Å²) in [4.78, 5) is 0. The smallest absolute Gasteiger partial charge is 0.0945 e. The maximum Gasteiger partial charge on any atom is 0.0945 e. The summed E-state index contributed by atoms with van der Waals surface area (Å²) in [5.41, 5.74) is 0. The molecule has 0 heterocycles. The minimum Gasteiger partial charge on any atom is -0.316 e. The van der Waals surface area contributed by atoms with Gasteiger partial charge in [-0.15, -0.1) is 0 Å². The van der Waals surface area contributed by atoms with Gasteiger partial charge in [0.05, 0.1) is 8.07 Å². The molecule has 1 fully saturated rings. The molecule has 2 rings (SSSR count). The molecule has 0 aliphatic heterocycles. The number of hydrogen-bond acceptors (Lipinski definition) is 1. The molecule has 1 saturated carbocycles. The average Bonchev–Trinajstić information content (AvgIpc) is 2.39. The molecule has 1 N–H and O–H groups in total. The van der Waals surface area contributed by atoms with E-state index >= 15 is 0 Å². The Hall–Kier alpha value is -0.603. The minimum absolute atomic E-state index is 0.791. The summed E-state index contributed by atoms with van der Waals surface area (Å²) in [5.74, 6) is 0. The first kappa shape index (κ1) is 12.8. The quantitative estimate of drug-likeness (QED) is 0.806. The normalized spacial score (nSPS) is 18.2. The van der Waals surface area contributed by atoms with Crippen LogP contribution in [0.2, 0.25) is 13.1 Å². The lowest BCUT2D eigenvalue weighted by molar-refractivity contribution is 0.388. The highest BCUT2D eigenvalue weighted by atomic mass is 28.3. The highest BCUT2D eigenvalue weighted by Gasteiger charge is 2.24. The second-order valence-electron chi connectivity index (χ2n) is 5.97. The van der Waals surface area contributed by atoms with Crippen LogP contribution in [0.1, 0.15) is 32.1 Å². The van der Waals surface area contributed by atoms with Crippen molar-refractivity contribution in [1.82, 2.24) is 5.32 Å². The molecular weight excluding hydrogens is 222 g/mol. The third-order valence-electron chi connectivity index (χ3n) is 3.99. The van der Waals surface area contributed by atoms with Gasteiger partial charge in [0.25, 0.3) is 0 Å².